The van der Waals surface area contributed by atoms with Crippen LogP contribution in [0.15, 0.2) is 0 Å². The van der Waals surface area contributed by atoms with Crippen LogP contribution in [0.2, 0.25) is 0 Å². The number of nitrogens with zero attached hydrogens (tertiary/aromatic N) is 1. The molecule has 1 aliphatic heterocycles. The number of hydrogen-bond donors (Lipinski definition) is 1. The van der Waals surface area contributed by atoms with Crippen LogP contribution in [-0.2, 0) is 9.47 Å². The van der Waals surface area contributed by atoms with E-state index in [2.05, 4.69) is 24.1 Å². The molecule has 1 saturated heterocycles. The molecule has 0 radical (unpaired) electrons. The molecule has 0 saturated carbocycles. The first-order valence-electron chi connectivity index (χ1n) is 6.14. The van der Waals surface area contributed by atoms with Crippen molar-refractivity contribution in [1.82, 2.24) is 10.2 Å². The van der Waals surface area contributed by atoms with Crippen molar-refractivity contribution in [3.05, 3.63) is 0 Å². The van der Waals surface area contributed by atoms with E-state index in [1.165, 1.54) is 0 Å². The van der Waals surface area contributed by atoms with Gasteiger partial charge in [0.05, 0.1) is 12.2 Å². The summed E-state index contributed by atoms with van der Waals surface area (Å²) in [6, 6.07) is 1.06. The molecule has 1 N–H and O–H groups in total. The van der Waals surface area contributed by atoms with Crippen molar-refractivity contribution < 1.29 is 9.47 Å². The van der Waals surface area contributed by atoms with Gasteiger partial charge in [-0.25, -0.2) is 0 Å². The van der Waals surface area contributed by atoms with Crippen LogP contribution in [-0.4, -0.2) is 63.5 Å². The lowest BCUT2D eigenvalue weighted by Gasteiger charge is -2.30. The summed E-state index contributed by atoms with van der Waals surface area (Å²) >= 11 is 0. The van der Waals surface area contributed by atoms with Gasteiger partial charge in [-0.1, -0.05) is 6.92 Å². The number of methoxy groups -OCH3 is 2. The molecule has 4 heteroatoms. The second kappa shape index (κ2) is 6.55. The number of rotatable bonds is 6. The highest BCUT2D eigenvalue weighted by Crippen LogP contribution is 2.20. The van der Waals surface area contributed by atoms with Gasteiger partial charge in [-0.05, 0) is 20.4 Å². The first-order valence-corrected chi connectivity index (χ1v) is 6.14. The molecule has 0 aliphatic carbocycles. The summed E-state index contributed by atoms with van der Waals surface area (Å²) in [6.07, 6.45) is 1.56. The van der Waals surface area contributed by atoms with Crippen LogP contribution in [0.25, 0.3) is 0 Å². The van der Waals surface area contributed by atoms with Gasteiger partial charge in [0, 0.05) is 39.4 Å². The molecule has 1 aliphatic rings. The molecule has 4 atom stereocenters. The minimum atomic E-state index is 0.210. The lowest BCUT2D eigenvalue weighted by Crippen LogP contribution is -2.46. The van der Waals surface area contributed by atoms with Crippen LogP contribution >= 0.6 is 0 Å². The Hall–Kier alpha value is -0.160. The summed E-state index contributed by atoms with van der Waals surface area (Å²) in [4.78, 5) is 2.45. The predicted molar refractivity (Wildman–Crippen MR) is 65.8 cm³/mol. The van der Waals surface area contributed by atoms with Crippen LogP contribution in [0, 0.1) is 0 Å². The molecule has 0 aromatic heterocycles. The molecule has 0 spiro atoms. The molecule has 4 nitrogen and oxygen atoms in total. The summed E-state index contributed by atoms with van der Waals surface area (Å²) in [6.45, 7) is 6.42. The van der Waals surface area contributed by atoms with Gasteiger partial charge in [-0.15, -0.1) is 0 Å². The Morgan fingerprint density at radius 3 is 2.06 bits per heavy atom. The minimum absolute atomic E-state index is 0.210. The summed E-state index contributed by atoms with van der Waals surface area (Å²) in [5.74, 6) is 0. The Bertz CT molecular complexity index is 181. The monoisotopic (exact) mass is 230 g/mol. The number of likely N-dealkylation sites (tertiary alicyclic amines) is 1. The van der Waals surface area contributed by atoms with Gasteiger partial charge in [0.2, 0.25) is 0 Å². The first-order chi connectivity index (χ1) is 7.67. The lowest BCUT2D eigenvalue weighted by atomic mass is 10.1. The highest BCUT2D eigenvalue weighted by molar-refractivity contribution is 4.91. The Balaban J connectivity index is 2.55. The largest absolute Gasteiger partial charge is 0.377 e. The first kappa shape index (κ1) is 13.9. The van der Waals surface area contributed by atoms with Gasteiger partial charge >= 0.3 is 0 Å². The van der Waals surface area contributed by atoms with E-state index in [4.69, 9.17) is 9.47 Å². The van der Waals surface area contributed by atoms with Crippen molar-refractivity contribution in [1.29, 1.82) is 0 Å². The zero-order valence-electron chi connectivity index (χ0n) is 11.2. The third-order valence-electron chi connectivity index (χ3n) is 3.82. The molecule has 4 unspecified atom stereocenters. The molecular formula is C12H26N2O2. The predicted octanol–water partition coefficient (Wildman–Crippen LogP) is 0.719. The van der Waals surface area contributed by atoms with Crippen molar-refractivity contribution in [3.8, 4) is 0 Å². The zero-order chi connectivity index (χ0) is 12.1. The molecule has 1 rings (SSSR count). The highest BCUT2D eigenvalue weighted by atomic mass is 16.5. The average molecular weight is 230 g/mol. The summed E-state index contributed by atoms with van der Waals surface area (Å²) in [5, 5.41) is 3.37. The van der Waals surface area contributed by atoms with Crippen molar-refractivity contribution in [2.45, 2.75) is 44.6 Å². The van der Waals surface area contributed by atoms with E-state index in [1.54, 1.807) is 14.2 Å². The Morgan fingerprint density at radius 2 is 1.75 bits per heavy atom. The van der Waals surface area contributed by atoms with E-state index >= 15 is 0 Å². The third-order valence-corrected chi connectivity index (χ3v) is 3.82. The molecule has 1 fully saturated rings. The highest BCUT2D eigenvalue weighted by Gasteiger charge is 2.36. The number of hydrogen-bond acceptors (Lipinski definition) is 4. The molecule has 96 valence electrons. The van der Waals surface area contributed by atoms with Crippen LogP contribution in [0.5, 0.6) is 0 Å². The standard InChI is InChI=1S/C12H26N2O2/c1-6-10(13-3)9(2)14-7-11(15-4)12(8-14)16-5/h9-13H,6-8H2,1-5H3. The fraction of sp³-hybridized carbons (Fsp3) is 1.00. The van der Waals surface area contributed by atoms with Crippen molar-refractivity contribution >= 4 is 0 Å². The van der Waals surface area contributed by atoms with E-state index in [-0.39, 0.29) is 12.2 Å². The van der Waals surface area contributed by atoms with Crippen LogP contribution in [0.1, 0.15) is 20.3 Å². The van der Waals surface area contributed by atoms with Gasteiger partial charge in [0.25, 0.3) is 0 Å². The fourth-order valence-corrected chi connectivity index (χ4v) is 2.60. The van der Waals surface area contributed by atoms with E-state index in [1.807, 2.05) is 7.05 Å². The Morgan fingerprint density at radius 1 is 1.25 bits per heavy atom. The number of ether oxygens (including phenoxy) is 2. The van der Waals surface area contributed by atoms with Gasteiger partial charge < -0.3 is 14.8 Å². The van der Waals surface area contributed by atoms with Gasteiger partial charge in [-0.2, -0.15) is 0 Å². The summed E-state index contributed by atoms with van der Waals surface area (Å²) < 4.78 is 10.9. The van der Waals surface area contributed by atoms with Gasteiger partial charge in [-0.3, -0.25) is 4.90 Å². The Labute approximate surface area is 99.3 Å². The van der Waals surface area contributed by atoms with E-state index in [0.29, 0.717) is 12.1 Å². The number of likely N-dealkylation sites (N-methyl/N-ethyl adjacent to an activating group) is 1. The van der Waals surface area contributed by atoms with E-state index in [0.717, 1.165) is 19.5 Å². The maximum absolute atomic E-state index is 5.45. The smallest absolute Gasteiger partial charge is 0.0971 e. The Kier molecular flexibility index (Phi) is 5.69. The lowest BCUT2D eigenvalue weighted by molar-refractivity contribution is -0.00461. The van der Waals surface area contributed by atoms with Crippen LogP contribution in [0.3, 0.4) is 0 Å². The third kappa shape index (κ3) is 2.94. The molecular weight excluding hydrogens is 204 g/mol. The molecule has 16 heavy (non-hydrogen) atoms. The maximum atomic E-state index is 5.45. The summed E-state index contributed by atoms with van der Waals surface area (Å²) in [5.41, 5.74) is 0. The van der Waals surface area contributed by atoms with Crippen LogP contribution in [0.4, 0.5) is 0 Å². The quantitative estimate of drug-likeness (QED) is 0.729. The van der Waals surface area contributed by atoms with Crippen LogP contribution < -0.4 is 5.32 Å². The van der Waals surface area contributed by atoms with Crippen molar-refractivity contribution in [3.63, 3.8) is 0 Å². The molecule has 0 amide bonds. The molecule has 0 bridgehead atoms. The van der Waals surface area contributed by atoms with E-state index in [9.17, 15) is 0 Å². The maximum Gasteiger partial charge on any atom is 0.0971 e. The average Bonchev–Trinajstić information content (AvgIpc) is 2.73. The summed E-state index contributed by atoms with van der Waals surface area (Å²) in [7, 11) is 5.56. The fourth-order valence-electron chi connectivity index (χ4n) is 2.60. The van der Waals surface area contributed by atoms with Crippen molar-refractivity contribution in [2.24, 2.45) is 0 Å². The molecule has 1 heterocycles. The number of nitrogens with one attached hydrogen (secondary N) is 1. The van der Waals surface area contributed by atoms with Gasteiger partial charge in [0.15, 0.2) is 0 Å². The molecule has 0 aromatic rings. The van der Waals surface area contributed by atoms with Gasteiger partial charge in [0.1, 0.15) is 0 Å². The minimum Gasteiger partial charge on any atom is -0.377 e. The normalized spacial score (nSPS) is 30.6. The van der Waals surface area contributed by atoms with Crippen molar-refractivity contribution in [2.75, 3.05) is 34.4 Å². The van der Waals surface area contributed by atoms with E-state index < -0.39 is 0 Å². The second-order valence-corrected chi connectivity index (χ2v) is 4.55. The second-order valence-electron chi connectivity index (χ2n) is 4.55. The molecule has 0 aromatic carbocycles. The SMILES string of the molecule is CCC(NC)C(C)N1CC(OC)C(OC)C1. The zero-order valence-corrected chi connectivity index (χ0v) is 11.2. The topological polar surface area (TPSA) is 33.7 Å².